The van der Waals surface area contributed by atoms with Crippen molar-refractivity contribution in [2.45, 2.75) is 13.0 Å². The van der Waals surface area contributed by atoms with Gasteiger partial charge in [-0.3, -0.25) is 0 Å². The van der Waals surface area contributed by atoms with Crippen LogP contribution < -0.4 is 0 Å². The number of hydrogen-bond donors (Lipinski definition) is 0. The van der Waals surface area contributed by atoms with Crippen LogP contribution in [-0.2, 0) is 23.2 Å². The first-order valence-corrected chi connectivity index (χ1v) is 8.10. The molecule has 0 bridgehead atoms. The van der Waals surface area contributed by atoms with E-state index in [1.807, 2.05) is 30.3 Å². The zero-order valence-corrected chi connectivity index (χ0v) is 12.8. The van der Waals surface area contributed by atoms with Gasteiger partial charge in [0.2, 0.25) is 0 Å². The van der Waals surface area contributed by atoms with E-state index in [2.05, 4.69) is 5.16 Å². The van der Waals surface area contributed by atoms with Crippen LogP contribution in [0.25, 0.3) is 11.3 Å². The Labute approximate surface area is 124 Å². The maximum atomic E-state index is 12.3. The number of nitrogens with zero attached hydrogens (tertiary/aromatic N) is 3. The van der Waals surface area contributed by atoms with Crippen molar-refractivity contribution in [1.82, 2.24) is 13.8 Å². The van der Waals surface area contributed by atoms with Gasteiger partial charge in [0.15, 0.2) is 0 Å². The van der Waals surface area contributed by atoms with Gasteiger partial charge in [0, 0.05) is 44.7 Å². The minimum Gasteiger partial charge on any atom is -0.360 e. The highest BCUT2D eigenvalue weighted by Crippen LogP contribution is 2.30. The van der Waals surface area contributed by atoms with Crippen LogP contribution in [0, 0.1) is 0 Å². The lowest BCUT2D eigenvalue weighted by Gasteiger charge is -2.28. The lowest BCUT2D eigenvalue weighted by Crippen LogP contribution is -2.42. The first kappa shape index (κ1) is 14.2. The average Bonchev–Trinajstić information content (AvgIpc) is 2.91. The van der Waals surface area contributed by atoms with E-state index in [9.17, 15) is 8.42 Å². The molecule has 0 saturated heterocycles. The molecule has 1 aromatic heterocycles. The van der Waals surface area contributed by atoms with E-state index >= 15 is 0 Å². The molecule has 0 fully saturated rings. The zero-order chi connectivity index (χ0) is 15.0. The molecule has 0 spiro atoms. The third kappa shape index (κ3) is 2.48. The Morgan fingerprint density at radius 2 is 1.95 bits per heavy atom. The molecule has 1 aromatic carbocycles. The molecule has 0 radical (unpaired) electrons. The van der Waals surface area contributed by atoms with Crippen LogP contribution in [-0.4, -0.2) is 42.8 Å². The van der Waals surface area contributed by atoms with E-state index in [1.165, 1.54) is 22.7 Å². The summed E-state index contributed by atoms with van der Waals surface area (Å²) in [6.07, 6.45) is 0.544. The largest absolute Gasteiger partial charge is 0.360 e. The normalized spacial score (nSPS) is 16.1. The summed E-state index contributed by atoms with van der Waals surface area (Å²) in [5, 5.41) is 4.12. The van der Waals surface area contributed by atoms with Crippen LogP contribution in [0.5, 0.6) is 0 Å². The Hall–Kier alpha value is -1.70. The highest BCUT2D eigenvalue weighted by atomic mass is 32.2. The third-order valence-electron chi connectivity index (χ3n) is 3.63. The van der Waals surface area contributed by atoms with Gasteiger partial charge in [0.25, 0.3) is 10.2 Å². The van der Waals surface area contributed by atoms with Crippen molar-refractivity contribution in [2.24, 2.45) is 0 Å². The van der Waals surface area contributed by atoms with Gasteiger partial charge in [-0.05, 0) is 0 Å². The molecule has 2 aromatic rings. The maximum absolute atomic E-state index is 12.3. The highest BCUT2D eigenvalue weighted by molar-refractivity contribution is 7.86. The molecule has 3 rings (SSSR count). The van der Waals surface area contributed by atoms with Crippen LogP contribution in [0.1, 0.15) is 11.3 Å². The van der Waals surface area contributed by atoms with Crippen LogP contribution in [0.2, 0.25) is 0 Å². The van der Waals surface area contributed by atoms with Crippen LogP contribution in [0.3, 0.4) is 0 Å². The van der Waals surface area contributed by atoms with Crippen LogP contribution in [0.15, 0.2) is 34.9 Å². The minimum absolute atomic E-state index is 0.295. The standard InChI is InChI=1S/C14H17N3O3S/c1-16(2)21(18,19)17-9-8-13-12(10-17)14(15-20-13)11-6-4-3-5-7-11/h3-7H,8-10H2,1-2H3. The second-order valence-corrected chi connectivity index (χ2v) is 7.32. The van der Waals surface area contributed by atoms with Gasteiger partial charge in [-0.1, -0.05) is 35.5 Å². The third-order valence-corrected chi connectivity index (χ3v) is 5.51. The van der Waals surface area contributed by atoms with Crippen LogP contribution >= 0.6 is 0 Å². The van der Waals surface area contributed by atoms with E-state index in [1.54, 1.807) is 0 Å². The number of aromatic nitrogens is 1. The lowest BCUT2D eigenvalue weighted by atomic mass is 10.0. The molecule has 1 aliphatic rings. The fourth-order valence-electron chi connectivity index (χ4n) is 2.44. The van der Waals surface area contributed by atoms with E-state index in [-0.39, 0.29) is 0 Å². The molecule has 112 valence electrons. The Morgan fingerprint density at radius 1 is 1.24 bits per heavy atom. The monoisotopic (exact) mass is 307 g/mol. The molecule has 0 saturated carbocycles. The molecular formula is C14H17N3O3S. The van der Waals surface area contributed by atoms with Gasteiger partial charge in [-0.15, -0.1) is 0 Å². The molecular weight excluding hydrogens is 290 g/mol. The van der Waals surface area contributed by atoms with Crippen molar-refractivity contribution in [3.8, 4) is 11.3 Å². The topological polar surface area (TPSA) is 66.7 Å². The summed E-state index contributed by atoms with van der Waals surface area (Å²) in [4.78, 5) is 0. The second kappa shape index (κ2) is 5.25. The predicted octanol–water partition coefficient (Wildman–Crippen LogP) is 1.51. The minimum atomic E-state index is -3.42. The summed E-state index contributed by atoms with van der Waals surface area (Å²) in [7, 11) is -0.346. The van der Waals surface area contributed by atoms with Crippen molar-refractivity contribution in [2.75, 3.05) is 20.6 Å². The molecule has 7 heteroatoms. The second-order valence-electron chi connectivity index (χ2n) is 5.17. The average molecular weight is 307 g/mol. The Morgan fingerprint density at radius 3 is 2.62 bits per heavy atom. The van der Waals surface area contributed by atoms with Gasteiger partial charge in [-0.25, -0.2) is 0 Å². The summed E-state index contributed by atoms with van der Waals surface area (Å²) in [5.74, 6) is 0.777. The Balaban J connectivity index is 1.98. The van der Waals surface area contributed by atoms with E-state index in [0.29, 0.717) is 19.5 Å². The van der Waals surface area contributed by atoms with Gasteiger partial charge in [0.05, 0.1) is 0 Å². The van der Waals surface area contributed by atoms with Crippen molar-refractivity contribution < 1.29 is 12.9 Å². The quantitative estimate of drug-likeness (QED) is 0.862. The summed E-state index contributed by atoms with van der Waals surface area (Å²) >= 11 is 0. The maximum Gasteiger partial charge on any atom is 0.281 e. The number of fused-ring (bicyclic) bond motifs is 1. The molecule has 0 amide bonds. The molecule has 0 atom stereocenters. The van der Waals surface area contributed by atoms with E-state index < -0.39 is 10.2 Å². The Kier molecular flexibility index (Phi) is 3.56. The van der Waals surface area contributed by atoms with Gasteiger partial charge in [-0.2, -0.15) is 17.0 Å². The van der Waals surface area contributed by atoms with E-state index in [0.717, 1.165) is 22.6 Å². The van der Waals surface area contributed by atoms with Crippen molar-refractivity contribution in [1.29, 1.82) is 0 Å². The SMILES string of the molecule is CN(C)S(=O)(=O)N1CCc2onc(-c3ccccc3)c2C1. The van der Waals surface area contributed by atoms with Crippen molar-refractivity contribution >= 4 is 10.2 Å². The van der Waals surface area contributed by atoms with Crippen LogP contribution in [0.4, 0.5) is 0 Å². The first-order chi connectivity index (χ1) is 10.00. The molecule has 6 nitrogen and oxygen atoms in total. The highest BCUT2D eigenvalue weighted by Gasteiger charge is 2.32. The first-order valence-electron chi connectivity index (χ1n) is 6.70. The summed E-state index contributed by atoms with van der Waals surface area (Å²) in [5.41, 5.74) is 2.52. The number of hydrogen-bond acceptors (Lipinski definition) is 4. The lowest BCUT2D eigenvalue weighted by molar-refractivity contribution is 0.318. The molecule has 0 unspecified atom stereocenters. The summed E-state index contributed by atoms with van der Waals surface area (Å²) < 4.78 is 32.6. The fourth-order valence-corrected chi connectivity index (χ4v) is 3.51. The number of benzene rings is 1. The number of rotatable bonds is 3. The summed E-state index contributed by atoms with van der Waals surface area (Å²) in [6, 6.07) is 9.66. The molecule has 21 heavy (non-hydrogen) atoms. The molecule has 0 N–H and O–H groups in total. The fraction of sp³-hybridized carbons (Fsp3) is 0.357. The van der Waals surface area contributed by atoms with Gasteiger partial charge < -0.3 is 4.52 Å². The molecule has 1 aliphatic heterocycles. The van der Waals surface area contributed by atoms with Crippen molar-refractivity contribution in [3.05, 3.63) is 41.7 Å². The van der Waals surface area contributed by atoms with E-state index in [4.69, 9.17) is 4.52 Å². The zero-order valence-electron chi connectivity index (χ0n) is 12.0. The smallest absolute Gasteiger partial charge is 0.281 e. The van der Waals surface area contributed by atoms with Crippen molar-refractivity contribution in [3.63, 3.8) is 0 Å². The van der Waals surface area contributed by atoms with Gasteiger partial charge >= 0.3 is 0 Å². The van der Waals surface area contributed by atoms with Gasteiger partial charge in [0.1, 0.15) is 11.5 Å². The molecule has 2 heterocycles. The summed E-state index contributed by atoms with van der Waals surface area (Å²) in [6.45, 7) is 0.709. The Bertz CT molecular complexity index is 738. The molecule has 0 aliphatic carbocycles. The predicted molar refractivity (Wildman–Crippen MR) is 78.7 cm³/mol.